The Labute approximate surface area is 68.0 Å². The zero-order valence-electron chi connectivity index (χ0n) is 7.52. The second-order valence-electron chi connectivity index (χ2n) is 3.70. The second-order valence-corrected chi connectivity index (χ2v) is 3.70. The van der Waals surface area contributed by atoms with E-state index in [0.29, 0.717) is 0 Å². The molecule has 0 fully saturated rings. The minimum Gasteiger partial charge on any atom is -0.354 e. The van der Waals surface area contributed by atoms with Gasteiger partial charge in [-0.3, -0.25) is 0 Å². The first kappa shape index (κ1) is 6.96. The maximum Gasteiger partial charge on any atom is 0.0178 e. The predicted octanol–water partition coefficient (Wildman–Crippen LogP) is 2.38. The molecule has 0 amide bonds. The number of nitrogens with zero attached hydrogens (tertiary/aromatic N) is 1. The lowest BCUT2D eigenvalue weighted by molar-refractivity contribution is 0.721. The van der Waals surface area contributed by atoms with Gasteiger partial charge in [0.05, 0.1) is 0 Å². The van der Waals surface area contributed by atoms with Gasteiger partial charge >= 0.3 is 0 Å². The van der Waals surface area contributed by atoms with Crippen molar-refractivity contribution in [1.82, 2.24) is 4.57 Å². The Hall–Kier alpha value is -0.720. The molecule has 0 saturated heterocycles. The van der Waals surface area contributed by atoms with Crippen molar-refractivity contribution in [2.75, 3.05) is 0 Å². The number of hydrogen-bond donors (Lipinski definition) is 0. The van der Waals surface area contributed by atoms with E-state index in [1.165, 1.54) is 18.5 Å². The first-order valence-corrected chi connectivity index (χ1v) is 4.35. The lowest BCUT2D eigenvalue weighted by Crippen LogP contribution is -1.93. The molecule has 0 aromatic carbocycles. The van der Waals surface area contributed by atoms with Crippen molar-refractivity contribution in [3.8, 4) is 0 Å². The maximum atomic E-state index is 2.33. The Balaban J connectivity index is 2.58. The van der Waals surface area contributed by atoms with Gasteiger partial charge in [0, 0.05) is 18.9 Å². The molecule has 0 radical (unpaired) electrons. The summed E-state index contributed by atoms with van der Waals surface area (Å²) in [5.41, 5.74) is 4.66. The van der Waals surface area contributed by atoms with Gasteiger partial charge < -0.3 is 4.57 Å². The van der Waals surface area contributed by atoms with Crippen LogP contribution < -0.4 is 0 Å². The Morgan fingerprint density at radius 3 is 2.91 bits per heavy atom. The third-order valence-electron chi connectivity index (χ3n) is 2.95. The van der Waals surface area contributed by atoms with Crippen LogP contribution in [0.5, 0.6) is 0 Å². The Kier molecular flexibility index (Phi) is 1.35. The number of aromatic nitrogens is 1. The van der Waals surface area contributed by atoms with Crippen molar-refractivity contribution >= 4 is 0 Å². The van der Waals surface area contributed by atoms with Crippen LogP contribution in [0.4, 0.5) is 0 Å². The van der Waals surface area contributed by atoms with Crippen LogP contribution in [0, 0.1) is 6.92 Å². The molecular weight excluding hydrogens is 134 g/mol. The molecule has 1 atom stereocenters. The molecule has 2 rings (SSSR count). The highest BCUT2D eigenvalue weighted by Crippen LogP contribution is 2.35. The van der Waals surface area contributed by atoms with Gasteiger partial charge in [-0.2, -0.15) is 0 Å². The molecule has 1 aromatic rings. The maximum absolute atomic E-state index is 2.33. The van der Waals surface area contributed by atoms with Crippen molar-refractivity contribution < 1.29 is 0 Å². The van der Waals surface area contributed by atoms with Gasteiger partial charge in [0.2, 0.25) is 0 Å². The quantitative estimate of drug-likeness (QED) is 0.533. The Morgan fingerprint density at radius 1 is 1.55 bits per heavy atom. The molecule has 1 aromatic heterocycles. The molecule has 60 valence electrons. The summed E-state index contributed by atoms with van der Waals surface area (Å²) in [4.78, 5) is 0. The second kappa shape index (κ2) is 2.13. The van der Waals surface area contributed by atoms with Gasteiger partial charge in [-0.1, -0.05) is 6.92 Å². The lowest BCUT2D eigenvalue weighted by Gasteiger charge is -2.04. The van der Waals surface area contributed by atoms with Crippen LogP contribution in [0.3, 0.4) is 0 Å². The Morgan fingerprint density at radius 2 is 2.27 bits per heavy atom. The van der Waals surface area contributed by atoms with Crippen LogP contribution in [0.25, 0.3) is 0 Å². The van der Waals surface area contributed by atoms with E-state index >= 15 is 0 Å². The standard InChI is InChI=1S/C10H15N/c1-7-4-5-9-6-11(3)8(2)10(7)9/h6-7H,4-5H2,1-3H3. The zero-order valence-corrected chi connectivity index (χ0v) is 7.52. The summed E-state index contributed by atoms with van der Waals surface area (Å²) >= 11 is 0. The van der Waals surface area contributed by atoms with Gasteiger partial charge in [-0.15, -0.1) is 0 Å². The van der Waals surface area contributed by atoms with E-state index in [-0.39, 0.29) is 0 Å². The lowest BCUT2D eigenvalue weighted by atomic mass is 10.0. The van der Waals surface area contributed by atoms with Gasteiger partial charge in [0.15, 0.2) is 0 Å². The molecule has 1 aliphatic rings. The monoisotopic (exact) mass is 149 g/mol. The van der Waals surface area contributed by atoms with E-state index in [1.807, 2.05) is 0 Å². The molecule has 0 N–H and O–H groups in total. The summed E-state index contributed by atoms with van der Waals surface area (Å²) in [5.74, 6) is 0.797. The highest BCUT2D eigenvalue weighted by Gasteiger charge is 2.22. The van der Waals surface area contributed by atoms with Crippen LogP contribution in [0.1, 0.15) is 36.1 Å². The van der Waals surface area contributed by atoms with Crippen LogP contribution >= 0.6 is 0 Å². The van der Waals surface area contributed by atoms with Gasteiger partial charge in [0.1, 0.15) is 0 Å². The first-order chi connectivity index (χ1) is 5.20. The van der Waals surface area contributed by atoms with Crippen molar-refractivity contribution in [2.24, 2.45) is 7.05 Å². The van der Waals surface area contributed by atoms with Crippen molar-refractivity contribution in [1.29, 1.82) is 0 Å². The smallest absolute Gasteiger partial charge is 0.0178 e. The average Bonchev–Trinajstić information content (AvgIpc) is 2.41. The molecule has 1 nitrogen and oxygen atoms in total. The summed E-state index contributed by atoms with van der Waals surface area (Å²) in [6.07, 6.45) is 4.93. The fourth-order valence-electron chi connectivity index (χ4n) is 2.21. The van der Waals surface area contributed by atoms with E-state index in [9.17, 15) is 0 Å². The third-order valence-corrected chi connectivity index (χ3v) is 2.95. The molecule has 11 heavy (non-hydrogen) atoms. The number of hydrogen-bond acceptors (Lipinski definition) is 0. The van der Waals surface area contributed by atoms with Crippen LogP contribution in [-0.4, -0.2) is 4.57 Å². The normalized spacial score (nSPS) is 22.3. The largest absolute Gasteiger partial charge is 0.354 e. The van der Waals surface area contributed by atoms with Crippen molar-refractivity contribution in [3.63, 3.8) is 0 Å². The van der Waals surface area contributed by atoms with Gasteiger partial charge in [-0.05, 0) is 36.8 Å². The fourth-order valence-corrected chi connectivity index (χ4v) is 2.21. The molecule has 1 heteroatoms. The number of fused-ring (bicyclic) bond motifs is 1. The minimum atomic E-state index is 0.797. The highest BCUT2D eigenvalue weighted by atomic mass is 14.9. The summed E-state index contributed by atoms with van der Waals surface area (Å²) in [7, 11) is 2.14. The van der Waals surface area contributed by atoms with E-state index in [2.05, 4.69) is 31.7 Å². The molecule has 0 bridgehead atoms. The van der Waals surface area contributed by atoms with Crippen molar-refractivity contribution in [3.05, 3.63) is 23.0 Å². The van der Waals surface area contributed by atoms with E-state index in [0.717, 1.165) is 5.92 Å². The molecule has 0 aliphatic heterocycles. The van der Waals surface area contributed by atoms with Crippen LogP contribution in [0.2, 0.25) is 0 Å². The molecule has 0 spiro atoms. The van der Waals surface area contributed by atoms with Gasteiger partial charge in [-0.25, -0.2) is 0 Å². The predicted molar refractivity (Wildman–Crippen MR) is 46.9 cm³/mol. The van der Waals surface area contributed by atoms with Crippen molar-refractivity contribution in [2.45, 2.75) is 32.6 Å². The number of aryl methyl sites for hydroxylation is 2. The summed E-state index contributed by atoms with van der Waals surface area (Å²) in [5, 5.41) is 0. The minimum absolute atomic E-state index is 0.797. The zero-order chi connectivity index (χ0) is 8.01. The highest BCUT2D eigenvalue weighted by molar-refractivity contribution is 5.38. The molecule has 1 aliphatic carbocycles. The van der Waals surface area contributed by atoms with Crippen LogP contribution in [-0.2, 0) is 13.5 Å². The van der Waals surface area contributed by atoms with Gasteiger partial charge in [0.25, 0.3) is 0 Å². The molecule has 1 heterocycles. The molecular formula is C10H15N. The van der Waals surface area contributed by atoms with Crippen LogP contribution in [0.15, 0.2) is 6.20 Å². The van der Waals surface area contributed by atoms with E-state index in [1.54, 1.807) is 11.1 Å². The van der Waals surface area contributed by atoms with E-state index < -0.39 is 0 Å². The topological polar surface area (TPSA) is 4.93 Å². The average molecular weight is 149 g/mol. The first-order valence-electron chi connectivity index (χ1n) is 4.35. The molecule has 1 unspecified atom stereocenters. The summed E-state index contributed by atoms with van der Waals surface area (Å²) in [6, 6.07) is 0. The van der Waals surface area contributed by atoms with E-state index in [4.69, 9.17) is 0 Å². The summed E-state index contributed by atoms with van der Waals surface area (Å²) in [6.45, 7) is 4.56. The Bertz CT molecular complexity index is 283. The summed E-state index contributed by atoms with van der Waals surface area (Å²) < 4.78 is 2.25. The molecule has 0 saturated carbocycles. The third kappa shape index (κ3) is 0.834. The fraction of sp³-hybridized carbons (Fsp3) is 0.600. The SMILES string of the molecule is Cc1c2c(cn1C)CCC2C. The number of rotatable bonds is 0.